The first-order valence-electron chi connectivity index (χ1n) is 10.0. The third-order valence-electron chi connectivity index (χ3n) is 5.58. The summed E-state index contributed by atoms with van der Waals surface area (Å²) in [5, 5.41) is 0. The highest BCUT2D eigenvalue weighted by molar-refractivity contribution is 5.73. The van der Waals surface area contributed by atoms with Crippen molar-refractivity contribution in [1.82, 2.24) is 9.97 Å². The van der Waals surface area contributed by atoms with Crippen LogP contribution in [0.1, 0.15) is 55.9 Å². The minimum absolute atomic E-state index is 0.0468. The first kappa shape index (κ1) is 20.3. The zero-order valence-electron chi connectivity index (χ0n) is 17.7. The van der Waals surface area contributed by atoms with Crippen LogP contribution in [0.4, 0.5) is 5.95 Å². The standard InChI is InChI=1S/C23H31N3O2/c1-16-13-19(23(3,4)5)14-17(2)20(16)15-28-21(27)18-7-11-26(12-8-18)22-24-9-6-10-25-22/h6,9-10,13-14,18H,7-8,11-12,15H2,1-5H3. The van der Waals surface area contributed by atoms with Gasteiger partial charge in [-0.2, -0.15) is 0 Å². The van der Waals surface area contributed by atoms with Gasteiger partial charge < -0.3 is 9.64 Å². The van der Waals surface area contributed by atoms with Crippen molar-refractivity contribution < 1.29 is 9.53 Å². The van der Waals surface area contributed by atoms with Crippen LogP contribution in [0.15, 0.2) is 30.6 Å². The number of aromatic nitrogens is 2. The summed E-state index contributed by atoms with van der Waals surface area (Å²) in [6.07, 6.45) is 5.05. The fraction of sp³-hybridized carbons (Fsp3) is 0.522. The SMILES string of the molecule is Cc1cc(C(C)(C)C)cc(C)c1COC(=O)C1CCN(c2ncccn2)CC1. The lowest BCUT2D eigenvalue weighted by Crippen LogP contribution is -2.37. The van der Waals surface area contributed by atoms with E-state index >= 15 is 0 Å². The Morgan fingerprint density at radius 1 is 1.11 bits per heavy atom. The molecule has 1 fully saturated rings. The molecule has 0 radical (unpaired) electrons. The van der Waals surface area contributed by atoms with Crippen molar-refractivity contribution in [2.24, 2.45) is 5.92 Å². The molecule has 5 nitrogen and oxygen atoms in total. The molecule has 0 N–H and O–H groups in total. The molecule has 1 aromatic carbocycles. The first-order valence-corrected chi connectivity index (χ1v) is 10.0. The number of carbonyl (C=O) groups excluding carboxylic acids is 1. The van der Waals surface area contributed by atoms with Gasteiger partial charge in [0.25, 0.3) is 0 Å². The van der Waals surface area contributed by atoms with Crippen molar-refractivity contribution in [3.8, 4) is 0 Å². The van der Waals surface area contributed by atoms with Crippen molar-refractivity contribution in [3.63, 3.8) is 0 Å². The quantitative estimate of drug-likeness (QED) is 0.737. The lowest BCUT2D eigenvalue weighted by atomic mass is 9.84. The molecule has 1 saturated heterocycles. The average Bonchev–Trinajstić information content (AvgIpc) is 2.67. The number of ether oxygens (including phenoxy) is 1. The van der Waals surface area contributed by atoms with Crippen LogP contribution in [0.5, 0.6) is 0 Å². The van der Waals surface area contributed by atoms with E-state index < -0.39 is 0 Å². The zero-order chi connectivity index (χ0) is 20.3. The predicted octanol–water partition coefficient (Wildman–Crippen LogP) is 4.35. The number of nitrogens with zero attached hydrogens (tertiary/aromatic N) is 3. The Hall–Kier alpha value is -2.43. The van der Waals surface area contributed by atoms with E-state index in [1.807, 2.05) is 6.07 Å². The van der Waals surface area contributed by atoms with Crippen LogP contribution in [0, 0.1) is 19.8 Å². The third-order valence-corrected chi connectivity index (χ3v) is 5.58. The maximum atomic E-state index is 12.6. The average molecular weight is 382 g/mol. The smallest absolute Gasteiger partial charge is 0.309 e. The highest BCUT2D eigenvalue weighted by atomic mass is 16.5. The summed E-state index contributed by atoms with van der Waals surface area (Å²) < 4.78 is 5.71. The molecule has 28 heavy (non-hydrogen) atoms. The molecule has 2 heterocycles. The molecule has 2 aromatic rings. The van der Waals surface area contributed by atoms with Crippen molar-refractivity contribution in [3.05, 3.63) is 52.8 Å². The second-order valence-corrected chi connectivity index (χ2v) is 8.76. The normalized spacial score (nSPS) is 15.5. The van der Waals surface area contributed by atoms with E-state index in [1.165, 1.54) is 16.7 Å². The molecule has 1 aliphatic heterocycles. The highest BCUT2D eigenvalue weighted by Gasteiger charge is 2.27. The number of benzene rings is 1. The second-order valence-electron chi connectivity index (χ2n) is 8.76. The second kappa shape index (κ2) is 8.29. The number of esters is 1. The van der Waals surface area contributed by atoms with Gasteiger partial charge in [0, 0.05) is 25.5 Å². The molecule has 0 bridgehead atoms. The van der Waals surface area contributed by atoms with Crippen LogP contribution in [0.2, 0.25) is 0 Å². The van der Waals surface area contributed by atoms with Crippen LogP contribution in [0.3, 0.4) is 0 Å². The van der Waals surface area contributed by atoms with E-state index in [1.54, 1.807) is 12.4 Å². The number of carbonyl (C=O) groups is 1. The summed E-state index contributed by atoms with van der Waals surface area (Å²) in [5.74, 6) is 0.598. The Balaban J connectivity index is 1.57. The van der Waals surface area contributed by atoms with Crippen molar-refractivity contribution in [2.75, 3.05) is 18.0 Å². The van der Waals surface area contributed by atoms with Crippen molar-refractivity contribution >= 4 is 11.9 Å². The van der Waals surface area contributed by atoms with E-state index in [9.17, 15) is 4.79 Å². The van der Waals surface area contributed by atoms with Crippen molar-refractivity contribution in [1.29, 1.82) is 0 Å². The summed E-state index contributed by atoms with van der Waals surface area (Å²) in [4.78, 5) is 23.3. The predicted molar refractivity (Wildman–Crippen MR) is 111 cm³/mol. The summed E-state index contributed by atoms with van der Waals surface area (Å²) in [6.45, 7) is 12.8. The van der Waals surface area contributed by atoms with Crippen molar-refractivity contribution in [2.45, 2.75) is 59.5 Å². The van der Waals surface area contributed by atoms with Crippen LogP contribution in [-0.2, 0) is 21.6 Å². The molecule has 0 saturated carbocycles. The number of anilines is 1. The Labute approximate surface area is 168 Å². The molecule has 1 aliphatic rings. The van der Waals surface area contributed by atoms with Gasteiger partial charge in [-0.1, -0.05) is 32.9 Å². The number of hydrogen-bond donors (Lipinski definition) is 0. The fourth-order valence-electron chi connectivity index (χ4n) is 3.68. The van der Waals surface area contributed by atoms with Gasteiger partial charge in [-0.15, -0.1) is 0 Å². The minimum atomic E-state index is -0.0904. The zero-order valence-corrected chi connectivity index (χ0v) is 17.7. The largest absolute Gasteiger partial charge is 0.461 e. The Morgan fingerprint density at radius 2 is 1.68 bits per heavy atom. The fourth-order valence-corrected chi connectivity index (χ4v) is 3.68. The van der Waals surface area contributed by atoms with Crippen LogP contribution in [-0.4, -0.2) is 29.0 Å². The Bertz CT molecular complexity index is 796. The summed E-state index contributed by atoms with van der Waals surface area (Å²) in [7, 11) is 0. The van der Waals surface area contributed by atoms with E-state index in [0.29, 0.717) is 6.61 Å². The number of aryl methyl sites for hydroxylation is 2. The molecular weight excluding hydrogens is 350 g/mol. The van der Waals surface area contributed by atoms with Crippen LogP contribution in [0.25, 0.3) is 0 Å². The number of rotatable bonds is 4. The monoisotopic (exact) mass is 381 g/mol. The molecule has 0 spiro atoms. The molecule has 150 valence electrons. The van der Waals surface area contributed by atoms with Gasteiger partial charge in [0.05, 0.1) is 5.92 Å². The van der Waals surface area contributed by atoms with Gasteiger partial charge in [0.1, 0.15) is 6.61 Å². The first-order chi connectivity index (χ1) is 13.3. The molecule has 0 unspecified atom stereocenters. The van der Waals surface area contributed by atoms with Gasteiger partial charge in [0.15, 0.2) is 0 Å². The Kier molecular flexibility index (Phi) is 6.01. The minimum Gasteiger partial charge on any atom is -0.461 e. The molecule has 0 amide bonds. The maximum absolute atomic E-state index is 12.6. The highest BCUT2D eigenvalue weighted by Crippen LogP contribution is 2.28. The van der Waals surface area contributed by atoms with Crippen LogP contribution >= 0.6 is 0 Å². The number of piperidine rings is 1. The van der Waals surface area contributed by atoms with E-state index in [0.717, 1.165) is 37.4 Å². The summed E-state index contributed by atoms with van der Waals surface area (Å²) in [6, 6.07) is 6.24. The molecule has 1 aromatic heterocycles. The summed E-state index contributed by atoms with van der Waals surface area (Å²) in [5.41, 5.74) is 4.92. The van der Waals surface area contributed by atoms with Crippen LogP contribution < -0.4 is 4.90 Å². The third kappa shape index (κ3) is 4.70. The van der Waals surface area contributed by atoms with E-state index in [-0.39, 0.29) is 17.3 Å². The van der Waals surface area contributed by atoms with Gasteiger partial charge in [-0.3, -0.25) is 4.79 Å². The Morgan fingerprint density at radius 3 is 2.21 bits per heavy atom. The molecule has 5 heteroatoms. The number of hydrogen-bond acceptors (Lipinski definition) is 5. The maximum Gasteiger partial charge on any atom is 0.309 e. The van der Waals surface area contributed by atoms with E-state index in [4.69, 9.17) is 4.74 Å². The van der Waals surface area contributed by atoms with Gasteiger partial charge in [-0.05, 0) is 60.4 Å². The van der Waals surface area contributed by atoms with E-state index in [2.05, 4.69) is 61.6 Å². The molecule has 0 atom stereocenters. The van der Waals surface area contributed by atoms with Gasteiger partial charge in [-0.25, -0.2) is 9.97 Å². The topological polar surface area (TPSA) is 55.3 Å². The van der Waals surface area contributed by atoms with Gasteiger partial charge >= 0.3 is 5.97 Å². The molecular formula is C23H31N3O2. The molecule has 0 aliphatic carbocycles. The van der Waals surface area contributed by atoms with Gasteiger partial charge in [0.2, 0.25) is 5.95 Å². The lowest BCUT2D eigenvalue weighted by molar-refractivity contribution is -0.150. The summed E-state index contributed by atoms with van der Waals surface area (Å²) >= 11 is 0. The molecule has 3 rings (SSSR count). The lowest BCUT2D eigenvalue weighted by Gasteiger charge is -2.30.